The summed E-state index contributed by atoms with van der Waals surface area (Å²) in [4.78, 5) is 24.5. The lowest BCUT2D eigenvalue weighted by atomic mass is 10.2. The number of nitrogens with one attached hydrogen (secondary N) is 2. The molecule has 0 radical (unpaired) electrons. The van der Waals surface area contributed by atoms with Crippen molar-refractivity contribution in [3.8, 4) is 0 Å². The predicted octanol–water partition coefficient (Wildman–Crippen LogP) is 1.94. The van der Waals surface area contributed by atoms with Gasteiger partial charge in [-0.1, -0.05) is 15.9 Å². The first kappa shape index (κ1) is 12.9. The number of amides is 3. The summed E-state index contributed by atoms with van der Waals surface area (Å²) in [6.45, 7) is 1.34. The Hall–Kier alpha value is -1.56. The first-order valence-electron chi connectivity index (χ1n) is 5.72. The minimum atomic E-state index is -0.0777. The van der Waals surface area contributed by atoms with Gasteiger partial charge in [-0.25, -0.2) is 4.79 Å². The highest BCUT2D eigenvalue weighted by atomic mass is 79.9. The Kier molecular flexibility index (Phi) is 4.19. The highest BCUT2D eigenvalue weighted by Gasteiger charge is 2.20. The maximum Gasteiger partial charge on any atom is 0.321 e. The second kappa shape index (κ2) is 5.86. The largest absolute Gasteiger partial charge is 0.336 e. The van der Waals surface area contributed by atoms with E-state index in [1.807, 2.05) is 12.1 Å². The van der Waals surface area contributed by atoms with Crippen LogP contribution in [0.3, 0.4) is 0 Å². The van der Waals surface area contributed by atoms with Crippen LogP contribution in [0.15, 0.2) is 24.3 Å². The smallest absolute Gasteiger partial charge is 0.321 e. The molecule has 1 aromatic carbocycles. The van der Waals surface area contributed by atoms with Crippen molar-refractivity contribution in [1.29, 1.82) is 0 Å². The molecule has 1 aromatic rings. The third kappa shape index (κ3) is 3.01. The number of hydrogen-bond donors (Lipinski definition) is 2. The number of carbonyl (C=O) groups excluding carboxylic acids is 2. The van der Waals surface area contributed by atoms with Gasteiger partial charge in [0.2, 0.25) is 5.91 Å². The van der Waals surface area contributed by atoms with Crippen molar-refractivity contribution >= 4 is 39.2 Å². The van der Waals surface area contributed by atoms with Crippen LogP contribution in [-0.4, -0.2) is 30.4 Å². The minimum Gasteiger partial charge on any atom is -0.336 e. The molecule has 0 unspecified atom stereocenters. The molecule has 0 aromatic heterocycles. The van der Waals surface area contributed by atoms with Crippen molar-refractivity contribution in [3.05, 3.63) is 24.3 Å². The zero-order valence-corrected chi connectivity index (χ0v) is 11.4. The number of halogens is 1. The molecular formula is C12H14BrN3O2. The number of nitrogens with zero attached hydrogens (tertiary/aromatic N) is 1. The summed E-state index contributed by atoms with van der Waals surface area (Å²) in [5, 5.41) is 6.17. The summed E-state index contributed by atoms with van der Waals surface area (Å²) in [6.07, 6.45) is 0.441. The van der Waals surface area contributed by atoms with E-state index in [2.05, 4.69) is 26.6 Å². The van der Waals surface area contributed by atoms with Gasteiger partial charge in [0.1, 0.15) is 0 Å². The number of benzene rings is 1. The summed E-state index contributed by atoms with van der Waals surface area (Å²) in [7, 11) is 0. The van der Waals surface area contributed by atoms with Gasteiger partial charge in [0, 0.05) is 36.2 Å². The number of rotatable bonds is 4. The van der Waals surface area contributed by atoms with E-state index >= 15 is 0 Å². The number of alkyl halides is 1. The quantitative estimate of drug-likeness (QED) is 0.835. The standard InChI is InChI=1S/C12H14BrN3O2/c13-6-5-11(17)15-9-1-3-10(4-2-9)16-8-7-14-12(16)18/h1-4H,5-8H2,(H,14,18)(H,15,17). The molecule has 1 heterocycles. The SMILES string of the molecule is O=C(CCBr)Nc1ccc(N2CCNC2=O)cc1. The molecule has 0 atom stereocenters. The maximum absolute atomic E-state index is 11.5. The second-order valence-electron chi connectivity index (χ2n) is 3.92. The summed E-state index contributed by atoms with van der Waals surface area (Å²) in [5.41, 5.74) is 1.58. The van der Waals surface area contributed by atoms with Crippen molar-refractivity contribution in [2.75, 3.05) is 28.6 Å². The third-order valence-corrected chi connectivity index (χ3v) is 3.04. The molecule has 1 aliphatic rings. The van der Waals surface area contributed by atoms with Crippen LogP contribution >= 0.6 is 15.9 Å². The van der Waals surface area contributed by atoms with E-state index in [1.165, 1.54) is 0 Å². The Labute approximate surface area is 114 Å². The molecule has 3 amide bonds. The first-order valence-corrected chi connectivity index (χ1v) is 6.84. The van der Waals surface area contributed by atoms with Gasteiger partial charge in [-0.3, -0.25) is 9.69 Å². The molecule has 96 valence electrons. The molecule has 1 aliphatic heterocycles. The zero-order valence-electron chi connectivity index (χ0n) is 9.78. The van der Waals surface area contributed by atoms with Gasteiger partial charge in [-0.05, 0) is 24.3 Å². The molecule has 2 rings (SSSR count). The van der Waals surface area contributed by atoms with E-state index in [1.54, 1.807) is 17.0 Å². The highest BCUT2D eigenvalue weighted by molar-refractivity contribution is 9.09. The van der Waals surface area contributed by atoms with Gasteiger partial charge in [0.05, 0.1) is 0 Å². The molecule has 2 N–H and O–H groups in total. The Morgan fingerprint density at radius 3 is 2.67 bits per heavy atom. The lowest BCUT2D eigenvalue weighted by molar-refractivity contribution is -0.115. The molecule has 0 spiro atoms. The van der Waals surface area contributed by atoms with Crippen molar-refractivity contribution in [1.82, 2.24) is 5.32 Å². The minimum absolute atomic E-state index is 0.0291. The fourth-order valence-electron chi connectivity index (χ4n) is 1.75. The van der Waals surface area contributed by atoms with Gasteiger partial charge in [0.25, 0.3) is 0 Å². The van der Waals surface area contributed by atoms with Crippen LogP contribution in [0.25, 0.3) is 0 Å². The van der Waals surface area contributed by atoms with E-state index < -0.39 is 0 Å². The predicted molar refractivity (Wildman–Crippen MR) is 74.2 cm³/mol. The van der Waals surface area contributed by atoms with Crippen LogP contribution in [0.1, 0.15) is 6.42 Å². The Morgan fingerprint density at radius 1 is 1.39 bits per heavy atom. The second-order valence-corrected chi connectivity index (χ2v) is 4.71. The van der Waals surface area contributed by atoms with E-state index in [-0.39, 0.29) is 11.9 Å². The van der Waals surface area contributed by atoms with Crippen molar-refractivity contribution < 1.29 is 9.59 Å². The summed E-state index contributed by atoms with van der Waals surface area (Å²) >= 11 is 3.21. The zero-order chi connectivity index (χ0) is 13.0. The molecule has 6 heteroatoms. The van der Waals surface area contributed by atoms with E-state index in [0.29, 0.717) is 24.8 Å². The van der Waals surface area contributed by atoms with Gasteiger partial charge in [-0.15, -0.1) is 0 Å². The van der Waals surface area contributed by atoms with Crippen molar-refractivity contribution in [2.45, 2.75) is 6.42 Å². The monoisotopic (exact) mass is 311 g/mol. The molecule has 18 heavy (non-hydrogen) atoms. The number of anilines is 2. The fraction of sp³-hybridized carbons (Fsp3) is 0.333. The van der Waals surface area contributed by atoms with Crippen molar-refractivity contribution in [3.63, 3.8) is 0 Å². The van der Waals surface area contributed by atoms with E-state index in [9.17, 15) is 9.59 Å². The van der Waals surface area contributed by atoms with Gasteiger partial charge in [0.15, 0.2) is 0 Å². The van der Waals surface area contributed by atoms with Crippen molar-refractivity contribution in [2.24, 2.45) is 0 Å². The number of urea groups is 1. The Morgan fingerprint density at radius 2 is 2.11 bits per heavy atom. The number of hydrogen-bond acceptors (Lipinski definition) is 2. The first-order chi connectivity index (χ1) is 8.70. The van der Waals surface area contributed by atoms with Crippen LogP contribution in [0.2, 0.25) is 0 Å². The summed E-state index contributed by atoms with van der Waals surface area (Å²) in [5.74, 6) is -0.0291. The summed E-state index contributed by atoms with van der Waals surface area (Å²) in [6, 6.07) is 7.18. The van der Waals surface area contributed by atoms with Crippen LogP contribution in [0.5, 0.6) is 0 Å². The Bertz CT molecular complexity index is 447. The normalized spacial score (nSPS) is 14.5. The molecule has 5 nitrogen and oxygen atoms in total. The van der Waals surface area contributed by atoms with Gasteiger partial charge in [-0.2, -0.15) is 0 Å². The molecule has 0 aliphatic carbocycles. The van der Waals surface area contributed by atoms with Crippen LogP contribution in [0.4, 0.5) is 16.2 Å². The molecule has 1 saturated heterocycles. The average Bonchev–Trinajstić information content (AvgIpc) is 2.77. The van der Waals surface area contributed by atoms with Gasteiger partial charge < -0.3 is 10.6 Å². The number of carbonyl (C=O) groups is 2. The molecular weight excluding hydrogens is 298 g/mol. The van der Waals surface area contributed by atoms with E-state index in [4.69, 9.17) is 0 Å². The third-order valence-electron chi connectivity index (χ3n) is 2.64. The highest BCUT2D eigenvalue weighted by Crippen LogP contribution is 2.19. The lowest BCUT2D eigenvalue weighted by Crippen LogP contribution is -2.27. The maximum atomic E-state index is 11.5. The van der Waals surface area contributed by atoms with Gasteiger partial charge >= 0.3 is 6.03 Å². The van der Waals surface area contributed by atoms with E-state index in [0.717, 1.165) is 11.4 Å². The molecule has 1 fully saturated rings. The average molecular weight is 312 g/mol. The Balaban J connectivity index is 2.01. The fourth-order valence-corrected chi connectivity index (χ4v) is 2.11. The van der Waals surface area contributed by atoms with Crippen LogP contribution in [-0.2, 0) is 4.79 Å². The topological polar surface area (TPSA) is 61.4 Å². The summed E-state index contributed by atoms with van der Waals surface area (Å²) < 4.78 is 0. The van der Waals surface area contributed by atoms with Crippen LogP contribution in [0, 0.1) is 0 Å². The lowest BCUT2D eigenvalue weighted by Gasteiger charge is -2.14. The van der Waals surface area contributed by atoms with Crippen LogP contribution < -0.4 is 15.5 Å². The molecule has 0 bridgehead atoms. The molecule has 0 saturated carbocycles.